The number of anilines is 1. The second kappa shape index (κ2) is 9.65. The highest BCUT2D eigenvalue weighted by molar-refractivity contribution is 6.31. The van der Waals surface area contributed by atoms with Gasteiger partial charge in [0.2, 0.25) is 0 Å². The summed E-state index contributed by atoms with van der Waals surface area (Å²) >= 11 is 6.20. The van der Waals surface area contributed by atoms with Crippen molar-refractivity contribution < 1.29 is 19.3 Å². The number of carboxylic acid groups (broad SMARTS) is 1. The fraction of sp³-hybridized carbons (Fsp3) is 0.286. The number of halogens is 1. The van der Waals surface area contributed by atoms with Gasteiger partial charge in [0, 0.05) is 23.8 Å². The van der Waals surface area contributed by atoms with Crippen molar-refractivity contribution in [3.63, 3.8) is 0 Å². The average Bonchev–Trinajstić information content (AvgIpc) is 3.27. The molecule has 0 spiro atoms. The first-order chi connectivity index (χ1) is 15.4. The van der Waals surface area contributed by atoms with Gasteiger partial charge >= 0.3 is 0 Å². The molecule has 1 amide bonds. The summed E-state index contributed by atoms with van der Waals surface area (Å²) in [5, 5.41) is 11.9. The number of aromatic nitrogens is 5. The monoisotopic (exact) mass is 457 g/mol. The maximum absolute atomic E-state index is 12.8. The quantitative estimate of drug-likeness (QED) is 0.302. The fourth-order valence-corrected chi connectivity index (χ4v) is 3.91. The van der Waals surface area contributed by atoms with Crippen molar-refractivity contribution >= 4 is 52.0 Å². The molecule has 0 unspecified atom stereocenters. The number of fused-ring (bicyclic) bond motifs is 2. The number of nitrogen functional groups attached to an aromatic ring is 1. The SMILES string of the molecule is CCn1c(CNC(=O)c2nc3c(C)c[nH]c3nc2N)[n+](CC)c2ccc(Cl)cc21.O=C[O-]. The van der Waals surface area contributed by atoms with Gasteiger partial charge < -0.3 is 25.9 Å². The van der Waals surface area contributed by atoms with Crippen molar-refractivity contribution in [2.24, 2.45) is 0 Å². The fourth-order valence-electron chi connectivity index (χ4n) is 3.74. The predicted molar refractivity (Wildman–Crippen MR) is 119 cm³/mol. The molecule has 0 aliphatic carbocycles. The molecule has 0 bridgehead atoms. The Labute approximate surface area is 189 Å². The molecule has 0 atom stereocenters. The van der Waals surface area contributed by atoms with Crippen LogP contribution in [0.1, 0.15) is 35.7 Å². The average molecular weight is 458 g/mol. The first-order valence-electron chi connectivity index (χ1n) is 10.0. The van der Waals surface area contributed by atoms with Gasteiger partial charge in [0.25, 0.3) is 11.7 Å². The first-order valence-corrected chi connectivity index (χ1v) is 10.4. The number of nitrogens with two attached hydrogens (primary N) is 1. The van der Waals surface area contributed by atoms with Crippen LogP contribution in [0.15, 0.2) is 24.4 Å². The number of hydrogen-bond donors (Lipinski definition) is 3. The minimum Gasteiger partial charge on any atom is -0.554 e. The van der Waals surface area contributed by atoms with Crippen LogP contribution >= 0.6 is 11.6 Å². The topological polar surface area (TPSA) is 146 Å². The maximum Gasteiger partial charge on any atom is 0.277 e. The third kappa shape index (κ3) is 4.22. The molecule has 168 valence electrons. The number of hydrogen-bond acceptors (Lipinski definition) is 6. The van der Waals surface area contributed by atoms with Gasteiger partial charge in [0.05, 0.1) is 13.1 Å². The van der Waals surface area contributed by atoms with Crippen LogP contribution in [-0.4, -0.2) is 31.9 Å². The van der Waals surface area contributed by atoms with E-state index < -0.39 is 6.47 Å². The van der Waals surface area contributed by atoms with Gasteiger partial charge in [0.1, 0.15) is 12.1 Å². The highest BCUT2D eigenvalue weighted by Crippen LogP contribution is 2.20. The van der Waals surface area contributed by atoms with Crippen LogP contribution in [-0.2, 0) is 24.4 Å². The summed E-state index contributed by atoms with van der Waals surface area (Å²) in [7, 11) is 0. The predicted octanol–water partition coefficient (Wildman–Crippen LogP) is 1.08. The molecule has 11 heteroatoms. The number of carbonyl (C=O) groups excluding carboxylic acids is 2. The molecule has 3 aromatic heterocycles. The maximum atomic E-state index is 12.8. The normalized spacial score (nSPS) is 10.8. The second-order valence-corrected chi connectivity index (χ2v) is 7.38. The van der Waals surface area contributed by atoms with E-state index in [9.17, 15) is 4.79 Å². The number of amides is 1. The number of nitrogens with one attached hydrogen (secondary N) is 2. The van der Waals surface area contributed by atoms with E-state index in [1.807, 2.05) is 25.1 Å². The van der Waals surface area contributed by atoms with Gasteiger partial charge in [-0.2, -0.15) is 0 Å². The van der Waals surface area contributed by atoms with E-state index in [0.717, 1.165) is 35.5 Å². The summed E-state index contributed by atoms with van der Waals surface area (Å²) in [6, 6.07) is 5.83. The van der Waals surface area contributed by atoms with Crippen LogP contribution in [0.25, 0.3) is 22.2 Å². The van der Waals surface area contributed by atoms with E-state index in [-0.39, 0.29) is 17.4 Å². The van der Waals surface area contributed by atoms with Crippen LogP contribution in [0, 0.1) is 6.92 Å². The zero-order valence-electron chi connectivity index (χ0n) is 18.0. The molecular formula is C21H24ClN7O3. The standard InChI is InChI=1S/C20H22ClN7O.CH2O2/c1-4-27-13-7-6-12(21)8-14(13)28(5-2)15(27)10-24-20(29)17-18(22)26-19-16(25-17)11(3)9-23-19;2-1-3/h6-9H,4-5,10H2,1-3H3,(H3-,22,23,24,25,26,29);1H,(H,2,3). The molecule has 0 aliphatic rings. The van der Waals surface area contributed by atoms with Gasteiger partial charge in [-0.15, -0.1) is 0 Å². The molecule has 0 saturated carbocycles. The summed E-state index contributed by atoms with van der Waals surface area (Å²) in [6.45, 7) is 7.40. The molecule has 0 aliphatic heterocycles. The highest BCUT2D eigenvalue weighted by atomic mass is 35.5. The molecule has 3 heterocycles. The van der Waals surface area contributed by atoms with Crippen molar-refractivity contribution in [3.8, 4) is 0 Å². The number of carbonyl (C=O) groups is 2. The number of H-pyrrole nitrogens is 1. The summed E-state index contributed by atoms with van der Waals surface area (Å²) in [6.07, 6.45) is 1.79. The summed E-state index contributed by atoms with van der Waals surface area (Å²) in [4.78, 5) is 32.8. The largest absolute Gasteiger partial charge is 0.554 e. The molecule has 4 rings (SSSR count). The van der Waals surface area contributed by atoms with Crippen LogP contribution in [0.5, 0.6) is 0 Å². The Hall–Kier alpha value is -3.66. The molecule has 0 radical (unpaired) electrons. The van der Waals surface area contributed by atoms with Gasteiger partial charge in [-0.05, 0) is 38.5 Å². The molecule has 0 saturated heterocycles. The van der Waals surface area contributed by atoms with Crippen molar-refractivity contribution in [2.45, 2.75) is 40.4 Å². The van der Waals surface area contributed by atoms with Crippen molar-refractivity contribution in [2.75, 3.05) is 5.73 Å². The molecule has 10 nitrogen and oxygen atoms in total. The Morgan fingerprint density at radius 3 is 2.75 bits per heavy atom. The van der Waals surface area contributed by atoms with E-state index in [4.69, 9.17) is 27.2 Å². The van der Waals surface area contributed by atoms with E-state index >= 15 is 0 Å². The van der Waals surface area contributed by atoms with Gasteiger partial charge in [-0.3, -0.25) is 4.79 Å². The Balaban J connectivity index is 0.000000913. The van der Waals surface area contributed by atoms with Gasteiger partial charge in [0.15, 0.2) is 28.2 Å². The lowest BCUT2D eigenvalue weighted by molar-refractivity contribution is -0.676. The van der Waals surface area contributed by atoms with Crippen LogP contribution in [0.3, 0.4) is 0 Å². The number of aromatic amines is 1. The summed E-state index contributed by atoms with van der Waals surface area (Å²) in [5.41, 5.74) is 10.3. The summed E-state index contributed by atoms with van der Waals surface area (Å²) < 4.78 is 4.32. The Morgan fingerprint density at radius 1 is 1.38 bits per heavy atom. The highest BCUT2D eigenvalue weighted by Gasteiger charge is 2.25. The third-order valence-electron chi connectivity index (χ3n) is 5.12. The molecular weight excluding hydrogens is 434 g/mol. The molecule has 4 N–H and O–H groups in total. The Kier molecular flexibility index (Phi) is 6.94. The zero-order chi connectivity index (χ0) is 23.4. The minimum atomic E-state index is -0.500. The number of aryl methyl sites for hydroxylation is 3. The van der Waals surface area contributed by atoms with Crippen molar-refractivity contribution in [1.82, 2.24) is 24.8 Å². The molecule has 1 aromatic carbocycles. The lowest BCUT2D eigenvalue weighted by atomic mass is 10.3. The second-order valence-electron chi connectivity index (χ2n) is 6.94. The minimum absolute atomic E-state index is 0.100. The Morgan fingerprint density at radius 2 is 2.09 bits per heavy atom. The van der Waals surface area contributed by atoms with Crippen LogP contribution < -0.4 is 20.7 Å². The van der Waals surface area contributed by atoms with Crippen LogP contribution in [0.4, 0.5) is 5.82 Å². The lowest BCUT2D eigenvalue weighted by Crippen LogP contribution is -2.40. The zero-order valence-corrected chi connectivity index (χ0v) is 18.7. The Bertz CT molecular complexity index is 1300. The molecule has 0 fully saturated rings. The summed E-state index contributed by atoms with van der Waals surface area (Å²) in [5.74, 6) is 0.722. The van der Waals surface area contributed by atoms with E-state index in [0.29, 0.717) is 22.7 Å². The molecule has 32 heavy (non-hydrogen) atoms. The van der Waals surface area contributed by atoms with Crippen molar-refractivity contribution in [3.05, 3.63) is 46.5 Å². The number of nitrogens with zero attached hydrogens (tertiary/aromatic N) is 4. The first kappa shape index (κ1) is 23.0. The smallest absolute Gasteiger partial charge is 0.277 e. The lowest BCUT2D eigenvalue weighted by Gasteiger charge is -2.07. The van der Waals surface area contributed by atoms with E-state index in [1.165, 1.54) is 0 Å². The molecule has 4 aromatic rings. The van der Waals surface area contributed by atoms with Gasteiger partial charge in [-0.1, -0.05) is 11.6 Å². The van der Waals surface area contributed by atoms with Crippen LogP contribution in [0.2, 0.25) is 5.02 Å². The van der Waals surface area contributed by atoms with Gasteiger partial charge in [-0.25, -0.2) is 19.1 Å². The number of rotatable bonds is 5. The van der Waals surface area contributed by atoms with E-state index in [2.05, 4.69) is 43.3 Å². The number of imidazole rings is 1. The van der Waals surface area contributed by atoms with E-state index in [1.54, 1.807) is 6.20 Å². The number of benzene rings is 1. The van der Waals surface area contributed by atoms with Crippen molar-refractivity contribution in [1.29, 1.82) is 0 Å². The third-order valence-corrected chi connectivity index (χ3v) is 5.35.